The number of alkyl halides is 3. The Kier molecular flexibility index (Phi) is 4.46. The maximum absolute atomic E-state index is 14.0. The molecule has 118 valence electrons. The predicted molar refractivity (Wildman–Crippen MR) is 74.9 cm³/mol. The summed E-state index contributed by atoms with van der Waals surface area (Å²) in [4.78, 5) is 1.72. The second-order valence-electron chi connectivity index (χ2n) is 5.50. The third kappa shape index (κ3) is 3.31. The van der Waals surface area contributed by atoms with Crippen molar-refractivity contribution in [2.75, 3.05) is 24.5 Å². The van der Waals surface area contributed by atoms with Crippen molar-refractivity contribution in [3.05, 3.63) is 29.6 Å². The van der Waals surface area contributed by atoms with E-state index in [4.69, 9.17) is 0 Å². The van der Waals surface area contributed by atoms with Gasteiger partial charge in [0, 0.05) is 25.2 Å². The van der Waals surface area contributed by atoms with E-state index in [2.05, 4.69) is 5.32 Å². The topological polar surface area (TPSA) is 15.3 Å². The van der Waals surface area contributed by atoms with Crippen molar-refractivity contribution in [2.45, 2.75) is 38.4 Å². The van der Waals surface area contributed by atoms with E-state index >= 15 is 0 Å². The zero-order valence-electron chi connectivity index (χ0n) is 12.2. The van der Waals surface area contributed by atoms with Crippen LogP contribution in [0.5, 0.6) is 0 Å². The van der Waals surface area contributed by atoms with Crippen LogP contribution in [0.1, 0.15) is 32.3 Å². The molecule has 0 saturated carbocycles. The average Bonchev–Trinajstić information content (AvgIpc) is 2.46. The molecule has 1 saturated heterocycles. The molecule has 0 bridgehead atoms. The number of benzene rings is 1. The van der Waals surface area contributed by atoms with Crippen LogP contribution in [-0.4, -0.2) is 25.2 Å². The van der Waals surface area contributed by atoms with Crippen molar-refractivity contribution in [3.8, 4) is 0 Å². The van der Waals surface area contributed by atoms with Crippen LogP contribution in [0, 0.1) is 5.82 Å². The molecule has 2 nitrogen and oxygen atoms in total. The Balaban J connectivity index is 2.33. The summed E-state index contributed by atoms with van der Waals surface area (Å²) in [6, 6.07) is 2.60. The van der Waals surface area contributed by atoms with E-state index in [-0.39, 0.29) is 11.2 Å². The van der Waals surface area contributed by atoms with Gasteiger partial charge in [0.05, 0.1) is 11.3 Å². The number of nitrogens with one attached hydrogen (secondary N) is 1. The van der Waals surface area contributed by atoms with Gasteiger partial charge in [-0.25, -0.2) is 4.39 Å². The van der Waals surface area contributed by atoms with Crippen LogP contribution in [0.4, 0.5) is 23.2 Å². The van der Waals surface area contributed by atoms with E-state index in [1.54, 1.807) is 4.90 Å². The second-order valence-corrected chi connectivity index (χ2v) is 5.50. The summed E-state index contributed by atoms with van der Waals surface area (Å²) in [5.74, 6) is -0.606. The van der Waals surface area contributed by atoms with Gasteiger partial charge in [0.2, 0.25) is 0 Å². The molecule has 0 unspecified atom stereocenters. The van der Waals surface area contributed by atoms with Gasteiger partial charge in [0.1, 0.15) is 5.82 Å². The molecule has 1 heterocycles. The summed E-state index contributed by atoms with van der Waals surface area (Å²) in [7, 11) is 0. The lowest BCUT2D eigenvalue weighted by atomic mass is 9.90. The molecule has 21 heavy (non-hydrogen) atoms. The van der Waals surface area contributed by atoms with Crippen molar-refractivity contribution in [1.29, 1.82) is 0 Å². The fraction of sp³-hybridized carbons (Fsp3) is 0.600. The maximum Gasteiger partial charge on any atom is 0.416 e. The standard InChI is InChI=1S/C15H20F4N2/c1-3-14(4-2)10-21(8-7-20-14)13-9-11(15(17,18)19)5-6-12(13)16/h5-6,9,20H,3-4,7-8,10H2,1-2H3. The van der Waals surface area contributed by atoms with E-state index in [1.807, 2.05) is 13.8 Å². The van der Waals surface area contributed by atoms with Crippen LogP contribution in [0.25, 0.3) is 0 Å². The van der Waals surface area contributed by atoms with Crippen LogP contribution < -0.4 is 10.2 Å². The van der Waals surface area contributed by atoms with Crippen molar-refractivity contribution >= 4 is 5.69 Å². The Labute approximate surface area is 122 Å². The van der Waals surface area contributed by atoms with Crippen molar-refractivity contribution in [2.24, 2.45) is 0 Å². The van der Waals surface area contributed by atoms with Crippen LogP contribution >= 0.6 is 0 Å². The third-order valence-electron chi connectivity index (χ3n) is 4.34. The van der Waals surface area contributed by atoms with Crippen molar-refractivity contribution < 1.29 is 17.6 Å². The molecule has 6 heteroatoms. The molecular weight excluding hydrogens is 284 g/mol. The molecule has 0 spiro atoms. The lowest BCUT2D eigenvalue weighted by Crippen LogP contribution is -2.60. The van der Waals surface area contributed by atoms with E-state index in [9.17, 15) is 17.6 Å². The highest BCUT2D eigenvalue weighted by molar-refractivity contribution is 5.51. The predicted octanol–water partition coefficient (Wildman–Crippen LogP) is 3.81. The van der Waals surface area contributed by atoms with Gasteiger partial charge in [-0.3, -0.25) is 0 Å². The lowest BCUT2D eigenvalue weighted by molar-refractivity contribution is -0.137. The fourth-order valence-corrected chi connectivity index (χ4v) is 2.82. The minimum atomic E-state index is -4.46. The summed E-state index contributed by atoms with van der Waals surface area (Å²) in [5, 5.41) is 3.41. The monoisotopic (exact) mass is 304 g/mol. The van der Waals surface area contributed by atoms with Gasteiger partial charge >= 0.3 is 6.18 Å². The minimum absolute atomic E-state index is 0.0394. The van der Waals surface area contributed by atoms with Gasteiger partial charge in [-0.05, 0) is 31.0 Å². The van der Waals surface area contributed by atoms with E-state index in [0.29, 0.717) is 19.6 Å². The number of nitrogens with zero attached hydrogens (tertiary/aromatic N) is 1. The first-order chi connectivity index (χ1) is 9.81. The van der Waals surface area contributed by atoms with Crippen molar-refractivity contribution in [1.82, 2.24) is 5.32 Å². The van der Waals surface area contributed by atoms with Gasteiger partial charge in [0.15, 0.2) is 0 Å². The molecule has 1 aromatic carbocycles. The maximum atomic E-state index is 14.0. The molecule has 2 rings (SSSR count). The Morgan fingerprint density at radius 3 is 2.48 bits per heavy atom. The van der Waals surface area contributed by atoms with Gasteiger partial charge in [-0.1, -0.05) is 13.8 Å². The van der Waals surface area contributed by atoms with E-state index in [0.717, 1.165) is 31.0 Å². The molecule has 0 amide bonds. The number of hydrogen-bond donors (Lipinski definition) is 1. The molecule has 1 aromatic rings. The number of piperazine rings is 1. The average molecular weight is 304 g/mol. The number of rotatable bonds is 3. The first-order valence-corrected chi connectivity index (χ1v) is 7.18. The summed E-state index contributed by atoms with van der Waals surface area (Å²) in [5.41, 5.74) is -0.938. The van der Waals surface area contributed by atoms with Gasteiger partial charge in [0.25, 0.3) is 0 Å². The summed E-state index contributed by atoms with van der Waals surface area (Å²) >= 11 is 0. The quantitative estimate of drug-likeness (QED) is 0.854. The molecule has 1 aliphatic rings. The minimum Gasteiger partial charge on any atom is -0.366 e. The molecule has 0 atom stereocenters. The third-order valence-corrected chi connectivity index (χ3v) is 4.34. The Bertz CT molecular complexity index is 495. The smallest absolute Gasteiger partial charge is 0.366 e. The van der Waals surface area contributed by atoms with Crippen molar-refractivity contribution in [3.63, 3.8) is 0 Å². The van der Waals surface area contributed by atoms with E-state index in [1.165, 1.54) is 0 Å². The summed E-state index contributed by atoms with van der Waals surface area (Å²) < 4.78 is 52.4. The molecule has 1 N–H and O–H groups in total. The number of hydrogen-bond acceptors (Lipinski definition) is 2. The highest BCUT2D eigenvalue weighted by Gasteiger charge is 2.35. The van der Waals surface area contributed by atoms with Gasteiger partial charge < -0.3 is 10.2 Å². The first-order valence-electron chi connectivity index (χ1n) is 7.18. The van der Waals surface area contributed by atoms with Crippen LogP contribution in [0.3, 0.4) is 0 Å². The largest absolute Gasteiger partial charge is 0.416 e. The molecule has 0 radical (unpaired) electrons. The van der Waals surface area contributed by atoms with Gasteiger partial charge in [-0.15, -0.1) is 0 Å². The summed E-state index contributed by atoms with van der Waals surface area (Å²) in [6.45, 7) is 5.71. The highest BCUT2D eigenvalue weighted by Crippen LogP contribution is 2.34. The van der Waals surface area contributed by atoms with Crippen LogP contribution in [0.15, 0.2) is 18.2 Å². The summed E-state index contributed by atoms with van der Waals surface area (Å²) in [6.07, 6.45) is -2.76. The SMILES string of the molecule is CCC1(CC)CN(c2cc(C(F)(F)F)ccc2F)CCN1. The number of anilines is 1. The molecule has 1 aliphatic heterocycles. The second kappa shape index (κ2) is 5.83. The zero-order chi connectivity index (χ0) is 15.7. The normalized spacial score (nSPS) is 18.9. The Morgan fingerprint density at radius 1 is 1.24 bits per heavy atom. The Morgan fingerprint density at radius 2 is 1.90 bits per heavy atom. The number of halogens is 4. The van der Waals surface area contributed by atoms with E-state index < -0.39 is 17.6 Å². The lowest BCUT2D eigenvalue weighted by Gasteiger charge is -2.44. The Hall–Kier alpha value is -1.30. The van der Waals surface area contributed by atoms with Crippen LogP contribution in [-0.2, 0) is 6.18 Å². The molecule has 0 aromatic heterocycles. The van der Waals surface area contributed by atoms with Gasteiger partial charge in [-0.2, -0.15) is 13.2 Å². The molecule has 0 aliphatic carbocycles. The van der Waals surface area contributed by atoms with Crippen LogP contribution in [0.2, 0.25) is 0 Å². The zero-order valence-corrected chi connectivity index (χ0v) is 12.2. The molecule has 1 fully saturated rings. The highest BCUT2D eigenvalue weighted by atomic mass is 19.4. The first kappa shape index (κ1) is 16.1. The molecular formula is C15H20F4N2. The fourth-order valence-electron chi connectivity index (χ4n) is 2.82.